The summed E-state index contributed by atoms with van der Waals surface area (Å²) in [4.78, 5) is 12.2. The minimum atomic E-state index is -0.529. The third kappa shape index (κ3) is 3.21. The molecule has 0 aromatic heterocycles. The van der Waals surface area contributed by atoms with Gasteiger partial charge >= 0.3 is 6.03 Å². The van der Waals surface area contributed by atoms with Crippen LogP contribution in [-0.4, -0.2) is 23.3 Å². The third-order valence-electron chi connectivity index (χ3n) is 4.76. The molecular weight excluding hydrogens is 264 g/mol. The lowest BCUT2D eigenvalue weighted by molar-refractivity contribution is 0.141. The Balaban J connectivity index is 1.60. The van der Waals surface area contributed by atoms with Gasteiger partial charge < -0.3 is 15.7 Å². The highest BCUT2D eigenvalue weighted by molar-refractivity contribution is 5.75. The SMILES string of the molecule is CC1CCCC(NC(=O)NC2c3ccccc3CC2O)C1. The van der Waals surface area contributed by atoms with E-state index in [0.29, 0.717) is 12.3 Å². The highest BCUT2D eigenvalue weighted by Gasteiger charge is 2.32. The van der Waals surface area contributed by atoms with E-state index >= 15 is 0 Å². The highest BCUT2D eigenvalue weighted by atomic mass is 16.3. The number of aliphatic hydroxyl groups excluding tert-OH is 1. The molecule has 2 aliphatic rings. The Hall–Kier alpha value is -1.55. The second-order valence-corrected chi connectivity index (χ2v) is 6.53. The first-order valence-corrected chi connectivity index (χ1v) is 7.96. The Morgan fingerprint density at radius 2 is 2.05 bits per heavy atom. The maximum absolute atomic E-state index is 12.2. The van der Waals surface area contributed by atoms with E-state index in [-0.39, 0.29) is 18.1 Å². The molecule has 0 bridgehead atoms. The fourth-order valence-corrected chi connectivity index (χ4v) is 3.68. The van der Waals surface area contributed by atoms with E-state index in [9.17, 15) is 9.90 Å². The van der Waals surface area contributed by atoms with Crippen molar-refractivity contribution in [2.45, 2.75) is 57.2 Å². The number of hydrogen-bond acceptors (Lipinski definition) is 2. The largest absolute Gasteiger partial charge is 0.390 e. The van der Waals surface area contributed by atoms with Crippen molar-refractivity contribution in [3.8, 4) is 0 Å². The molecule has 4 atom stereocenters. The molecule has 2 amide bonds. The Bertz CT molecular complexity index is 517. The molecule has 0 saturated heterocycles. The van der Waals surface area contributed by atoms with Crippen molar-refractivity contribution >= 4 is 6.03 Å². The Labute approximate surface area is 125 Å². The monoisotopic (exact) mass is 288 g/mol. The van der Waals surface area contributed by atoms with Crippen LogP contribution < -0.4 is 10.6 Å². The number of amides is 2. The molecule has 2 aliphatic carbocycles. The minimum Gasteiger partial charge on any atom is -0.390 e. The van der Waals surface area contributed by atoms with Crippen molar-refractivity contribution in [2.75, 3.05) is 0 Å². The number of hydrogen-bond donors (Lipinski definition) is 3. The number of benzene rings is 1. The average molecular weight is 288 g/mol. The van der Waals surface area contributed by atoms with E-state index in [1.54, 1.807) is 0 Å². The van der Waals surface area contributed by atoms with Gasteiger partial charge in [-0.2, -0.15) is 0 Å². The zero-order valence-electron chi connectivity index (χ0n) is 12.5. The van der Waals surface area contributed by atoms with Crippen LogP contribution in [0, 0.1) is 5.92 Å². The normalized spacial score (nSPS) is 31.5. The van der Waals surface area contributed by atoms with Gasteiger partial charge in [-0.1, -0.05) is 44.0 Å². The lowest BCUT2D eigenvalue weighted by atomic mass is 9.87. The van der Waals surface area contributed by atoms with Gasteiger partial charge in [-0.05, 0) is 29.9 Å². The van der Waals surface area contributed by atoms with Crippen LogP contribution in [0.5, 0.6) is 0 Å². The quantitative estimate of drug-likeness (QED) is 0.783. The number of rotatable bonds is 2. The minimum absolute atomic E-state index is 0.158. The Kier molecular flexibility index (Phi) is 4.15. The van der Waals surface area contributed by atoms with E-state index in [2.05, 4.69) is 17.6 Å². The number of urea groups is 1. The van der Waals surface area contributed by atoms with Crippen molar-refractivity contribution in [3.63, 3.8) is 0 Å². The van der Waals surface area contributed by atoms with Gasteiger partial charge in [0, 0.05) is 12.5 Å². The number of aliphatic hydroxyl groups is 1. The van der Waals surface area contributed by atoms with E-state index in [1.807, 2.05) is 24.3 Å². The molecule has 1 saturated carbocycles. The average Bonchev–Trinajstić information content (AvgIpc) is 2.75. The molecule has 3 N–H and O–H groups in total. The predicted molar refractivity (Wildman–Crippen MR) is 82.0 cm³/mol. The summed E-state index contributed by atoms with van der Waals surface area (Å²) in [7, 11) is 0. The van der Waals surface area contributed by atoms with Gasteiger partial charge in [0.1, 0.15) is 0 Å². The highest BCUT2D eigenvalue weighted by Crippen LogP contribution is 2.31. The molecule has 1 fully saturated rings. The second-order valence-electron chi connectivity index (χ2n) is 6.53. The summed E-state index contributed by atoms with van der Waals surface area (Å²) in [5, 5.41) is 16.2. The molecule has 4 nitrogen and oxygen atoms in total. The van der Waals surface area contributed by atoms with E-state index < -0.39 is 6.10 Å². The van der Waals surface area contributed by atoms with E-state index in [4.69, 9.17) is 0 Å². The molecule has 0 spiro atoms. The van der Waals surface area contributed by atoms with Crippen molar-refractivity contribution < 1.29 is 9.90 Å². The molecule has 3 rings (SSSR count). The summed E-state index contributed by atoms with van der Waals surface area (Å²) in [5.41, 5.74) is 2.17. The van der Waals surface area contributed by atoms with Crippen molar-refractivity contribution in [2.24, 2.45) is 5.92 Å². The van der Waals surface area contributed by atoms with Gasteiger partial charge in [0.25, 0.3) is 0 Å². The molecule has 21 heavy (non-hydrogen) atoms. The van der Waals surface area contributed by atoms with Gasteiger partial charge in [-0.3, -0.25) is 0 Å². The molecule has 0 radical (unpaired) electrons. The standard InChI is InChI=1S/C17H24N2O2/c1-11-5-4-7-13(9-11)18-17(21)19-16-14-8-3-2-6-12(14)10-15(16)20/h2-3,6,8,11,13,15-16,20H,4-5,7,9-10H2,1H3,(H2,18,19,21). The zero-order valence-corrected chi connectivity index (χ0v) is 12.5. The van der Waals surface area contributed by atoms with Crippen molar-refractivity contribution in [1.82, 2.24) is 10.6 Å². The maximum atomic E-state index is 12.2. The summed E-state index contributed by atoms with van der Waals surface area (Å²) in [6.45, 7) is 2.24. The number of fused-ring (bicyclic) bond motifs is 1. The first-order chi connectivity index (χ1) is 10.1. The number of carbonyl (C=O) groups is 1. The molecule has 114 valence electrons. The van der Waals surface area contributed by atoms with Crippen LogP contribution in [-0.2, 0) is 6.42 Å². The fourth-order valence-electron chi connectivity index (χ4n) is 3.68. The maximum Gasteiger partial charge on any atom is 0.315 e. The summed E-state index contributed by atoms with van der Waals surface area (Å²) >= 11 is 0. The Morgan fingerprint density at radius 1 is 1.24 bits per heavy atom. The molecule has 4 unspecified atom stereocenters. The summed E-state index contributed by atoms with van der Waals surface area (Å²) in [6, 6.07) is 7.74. The van der Waals surface area contributed by atoms with Gasteiger partial charge in [0.2, 0.25) is 0 Å². The summed E-state index contributed by atoms with van der Waals surface area (Å²) in [6.07, 6.45) is 4.63. The van der Waals surface area contributed by atoms with Gasteiger partial charge in [-0.25, -0.2) is 4.79 Å². The molecule has 1 aromatic rings. The smallest absolute Gasteiger partial charge is 0.315 e. The van der Waals surface area contributed by atoms with Crippen LogP contribution in [0.3, 0.4) is 0 Å². The zero-order chi connectivity index (χ0) is 14.8. The van der Waals surface area contributed by atoms with Crippen LogP contribution in [0.1, 0.15) is 49.8 Å². The van der Waals surface area contributed by atoms with Gasteiger partial charge in [0.15, 0.2) is 0 Å². The van der Waals surface area contributed by atoms with Crippen LogP contribution in [0.25, 0.3) is 0 Å². The molecule has 0 aliphatic heterocycles. The third-order valence-corrected chi connectivity index (χ3v) is 4.76. The van der Waals surface area contributed by atoms with Crippen LogP contribution >= 0.6 is 0 Å². The van der Waals surface area contributed by atoms with Crippen molar-refractivity contribution in [1.29, 1.82) is 0 Å². The number of nitrogens with one attached hydrogen (secondary N) is 2. The van der Waals surface area contributed by atoms with Crippen LogP contribution in [0.4, 0.5) is 4.79 Å². The second kappa shape index (κ2) is 6.06. The summed E-state index contributed by atoms with van der Waals surface area (Å²) < 4.78 is 0. The van der Waals surface area contributed by atoms with Crippen LogP contribution in [0.15, 0.2) is 24.3 Å². The van der Waals surface area contributed by atoms with Gasteiger partial charge in [-0.15, -0.1) is 0 Å². The topological polar surface area (TPSA) is 61.4 Å². The summed E-state index contributed by atoms with van der Waals surface area (Å²) in [5.74, 6) is 0.682. The lowest BCUT2D eigenvalue weighted by Gasteiger charge is -2.28. The van der Waals surface area contributed by atoms with Gasteiger partial charge in [0.05, 0.1) is 12.1 Å². The van der Waals surface area contributed by atoms with Crippen LogP contribution in [0.2, 0.25) is 0 Å². The van der Waals surface area contributed by atoms with Crippen molar-refractivity contribution in [3.05, 3.63) is 35.4 Å². The first-order valence-electron chi connectivity index (χ1n) is 7.96. The van der Waals surface area contributed by atoms with E-state index in [0.717, 1.165) is 24.0 Å². The predicted octanol–water partition coefficient (Wildman–Crippen LogP) is 2.52. The molecular formula is C17H24N2O2. The molecule has 4 heteroatoms. The molecule has 0 heterocycles. The molecule has 1 aromatic carbocycles. The lowest BCUT2D eigenvalue weighted by Crippen LogP contribution is -2.46. The number of carbonyl (C=O) groups excluding carboxylic acids is 1. The van der Waals surface area contributed by atoms with E-state index in [1.165, 1.54) is 12.8 Å². The first kappa shape index (κ1) is 14.4. The Morgan fingerprint density at radius 3 is 2.86 bits per heavy atom. The fraction of sp³-hybridized carbons (Fsp3) is 0.588.